The van der Waals surface area contributed by atoms with Crippen molar-refractivity contribution in [1.29, 1.82) is 0 Å². The van der Waals surface area contributed by atoms with Crippen LogP contribution >= 0.6 is 12.4 Å². The van der Waals surface area contributed by atoms with Gasteiger partial charge in [-0.25, -0.2) is 0 Å². The number of hydrogen-bond acceptors (Lipinski definition) is 4. The predicted molar refractivity (Wildman–Crippen MR) is 114 cm³/mol. The van der Waals surface area contributed by atoms with E-state index >= 15 is 0 Å². The largest absolute Gasteiger partial charge is 0.494 e. The van der Waals surface area contributed by atoms with Crippen LogP contribution in [0.25, 0.3) is 0 Å². The van der Waals surface area contributed by atoms with E-state index in [2.05, 4.69) is 12.2 Å². The van der Waals surface area contributed by atoms with Gasteiger partial charge in [-0.05, 0) is 49.9 Å². The summed E-state index contributed by atoms with van der Waals surface area (Å²) in [5, 5.41) is 2.90. The molecule has 1 aromatic carbocycles. The summed E-state index contributed by atoms with van der Waals surface area (Å²) in [4.78, 5) is 26.5. The van der Waals surface area contributed by atoms with Crippen molar-refractivity contribution in [1.82, 2.24) is 10.2 Å². The van der Waals surface area contributed by atoms with Crippen molar-refractivity contribution in [2.24, 2.45) is 5.73 Å². The molecule has 0 aromatic heterocycles. The fourth-order valence-corrected chi connectivity index (χ4v) is 3.33. The average molecular weight is 412 g/mol. The minimum atomic E-state index is -0.0555. The SMILES string of the molecule is CCCCCOc1ccc(C(=O)N2CCCCC2CNC(=O)CCN)cc1.Cl. The van der Waals surface area contributed by atoms with E-state index < -0.39 is 0 Å². The van der Waals surface area contributed by atoms with Crippen LogP contribution in [0.1, 0.15) is 62.2 Å². The maximum Gasteiger partial charge on any atom is 0.254 e. The van der Waals surface area contributed by atoms with Crippen molar-refractivity contribution in [3.63, 3.8) is 0 Å². The number of amides is 2. The van der Waals surface area contributed by atoms with Gasteiger partial charge in [0.15, 0.2) is 0 Å². The van der Waals surface area contributed by atoms with Crippen molar-refractivity contribution >= 4 is 24.2 Å². The fourth-order valence-electron chi connectivity index (χ4n) is 3.33. The maximum atomic E-state index is 12.9. The van der Waals surface area contributed by atoms with Gasteiger partial charge in [0.25, 0.3) is 5.91 Å². The first-order chi connectivity index (χ1) is 13.2. The number of hydrogen-bond donors (Lipinski definition) is 2. The van der Waals surface area contributed by atoms with Crippen LogP contribution in [-0.2, 0) is 4.79 Å². The summed E-state index contributed by atoms with van der Waals surface area (Å²) < 4.78 is 5.71. The number of carbonyl (C=O) groups excluding carboxylic acids is 2. The number of nitrogens with two attached hydrogens (primary N) is 1. The average Bonchev–Trinajstić information content (AvgIpc) is 2.70. The maximum absolute atomic E-state index is 12.9. The lowest BCUT2D eigenvalue weighted by Gasteiger charge is -2.36. The lowest BCUT2D eigenvalue weighted by molar-refractivity contribution is -0.121. The molecule has 0 radical (unpaired) electrons. The smallest absolute Gasteiger partial charge is 0.254 e. The van der Waals surface area contributed by atoms with Gasteiger partial charge in [0, 0.05) is 37.7 Å². The summed E-state index contributed by atoms with van der Waals surface area (Å²) in [6, 6.07) is 7.42. The number of unbranched alkanes of at least 4 members (excludes halogenated alkanes) is 2. The molecule has 1 aliphatic heterocycles. The zero-order chi connectivity index (χ0) is 19.5. The first kappa shape index (κ1) is 24.2. The summed E-state index contributed by atoms with van der Waals surface area (Å²) >= 11 is 0. The Kier molecular flexibility index (Phi) is 11.6. The topological polar surface area (TPSA) is 84.7 Å². The van der Waals surface area contributed by atoms with E-state index in [9.17, 15) is 9.59 Å². The highest BCUT2D eigenvalue weighted by Gasteiger charge is 2.27. The molecule has 0 aliphatic carbocycles. The van der Waals surface area contributed by atoms with Crippen LogP contribution < -0.4 is 15.8 Å². The van der Waals surface area contributed by atoms with Gasteiger partial charge in [0.2, 0.25) is 5.91 Å². The molecule has 0 bridgehead atoms. The van der Waals surface area contributed by atoms with Crippen LogP contribution in [0, 0.1) is 0 Å². The monoisotopic (exact) mass is 411 g/mol. The number of carbonyl (C=O) groups is 2. The normalized spacial score (nSPS) is 16.2. The van der Waals surface area contributed by atoms with E-state index in [4.69, 9.17) is 10.5 Å². The van der Waals surface area contributed by atoms with Crippen molar-refractivity contribution in [3.05, 3.63) is 29.8 Å². The molecule has 2 amide bonds. The Morgan fingerprint density at radius 3 is 2.64 bits per heavy atom. The van der Waals surface area contributed by atoms with Gasteiger partial charge in [0.05, 0.1) is 6.61 Å². The minimum absolute atomic E-state index is 0. The number of nitrogens with zero attached hydrogens (tertiary/aromatic N) is 1. The van der Waals surface area contributed by atoms with Gasteiger partial charge < -0.3 is 20.7 Å². The summed E-state index contributed by atoms with van der Waals surface area (Å²) in [5.41, 5.74) is 6.07. The number of likely N-dealkylation sites (tertiary alicyclic amines) is 1. The molecule has 1 saturated heterocycles. The van der Waals surface area contributed by atoms with Crippen LogP contribution in [0.2, 0.25) is 0 Å². The lowest BCUT2D eigenvalue weighted by atomic mass is 10.0. The number of rotatable bonds is 10. The quantitative estimate of drug-likeness (QED) is 0.579. The first-order valence-electron chi connectivity index (χ1n) is 10.2. The number of benzene rings is 1. The highest BCUT2D eigenvalue weighted by Crippen LogP contribution is 2.21. The molecule has 1 aliphatic rings. The van der Waals surface area contributed by atoms with Crippen LogP contribution in [0.5, 0.6) is 5.75 Å². The van der Waals surface area contributed by atoms with Gasteiger partial charge >= 0.3 is 0 Å². The standard InChI is InChI=1S/C21H33N3O3.ClH/c1-2-3-6-15-27-19-10-8-17(9-11-19)21(26)24-14-5-4-7-18(24)16-23-20(25)12-13-22;/h8-11,18H,2-7,12-16,22H2,1H3,(H,23,25);1H. The molecule has 2 rings (SSSR count). The van der Waals surface area contributed by atoms with Crippen LogP contribution in [-0.4, -0.2) is 49.0 Å². The molecule has 158 valence electrons. The van der Waals surface area contributed by atoms with E-state index in [1.54, 1.807) is 0 Å². The second-order valence-electron chi connectivity index (χ2n) is 7.07. The second-order valence-corrected chi connectivity index (χ2v) is 7.07. The van der Waals surface area contributed by atoms with E-state index in [0.29, 0.717) is 31.7 Å². The Morgan fingerprint density at radius 1 is 1.21 bits per heavy atom. The van der Waals surface area contributed by atoms with E-state index in [1.165, 1.54) is 6.42 Å². The Hall–Kier alpha value is -1.79. The number of ether oxygens (including phenoxy) is 1. The third kappa shape index (κ3) is 7.68. The van der Waals surface area contributed by atoms with Crippen LogP contribution in [0.15, 0.2) is 24.3 Å². The predicted octanol–water partition coefficient (Wildman–Crippen LogP) is 3.14. The number of piperidine rings is 1. The summed E-state index contributed by atoms with van der Waals surface area (Å²) in [6.45, 7) is 4.43. The van der Waals surface area contributed by atoms with Crippen LogP contribution in [0.4, 0.5) is 0 Å². The van der Waals surface area contributed by atoms with Crippen LogP contribution in [0.3, 0.4) is 0 Å². The Balaban J connectivity index is 0.00000392. The summed E-state index contributed by atoms with van der Waals surface area (Å²) in [7, 11) is 0. The number of nitrogens with one attached hydrogen (secondary N) is 1. The lowest BCUT2D eigenvalue weighted by Crippen LogP contribution is -2.49. The molecular weight excluding hydrogens is 378 g/mol. The zero-order valence-corrected chi connectivity index (χ0v) is 17.6. The van der Waals surface area contributed by atoms with E-state index in [-0.39, 0.29) is 30.3 Å². The van der Waals surface area contributed by atoms with Crippen molar-refractivity contribution in [2.45, 2.75) is 57.9 Å². The van der Waals surface area contributed by atoms with Gasteiger partial charge in [-0.1, -0.05) is 19.8 Å². The molecule has 1 heterocycles. The van der Waals surface area contributed by atoms with E-state index in [0.717, 1.165) is 44.4 Å². The molecule has 7 heteroatoms. The van der Waals surface area contributed by atoms with Crippen molar-refractivity contribution < 1.29 is 14.3 Å². The molecule has 0 spiro atoms. The third-order valence-corrected chi connectivity index (χ3v) is 4.91. The molecule has 3 N–H and O–H groups in total. The molecule has 28 heavy (non-hydrogen) atoms. The van der Waals surface area contributed by atoms with Gasteiger partial charge in [-0.2, -0.15) is 0 Å². The Bertz CT molecular complexity index is 595. The molecule has 1 atom stereocenters. The highest BCUT2D eigenvalue weighted by molar-refractivity contribution is 5.94. The Morgan fingerprint density at radius 2 is 1.96 bits per heavy atom. The molecule has 1 fully saturated rings. The van der Waals surface area contributed by atoms with Gasteiger partial charge in [-0.15, -0.1) is 12.4 Å². The molecular formula is C21H34ClN3O3. The van der Waals surface area contributed by atoms with Gasteiger partial charge in [0.1, 0.15) is 5.75 Å². The fraction of sp³-hybridized carbons (Fsp3) is 0.619. The van der Waals surface area contributed by atoms with Crippen molar-refractivity contribution in [3.8, 4) is 5.75 Å². The third-order valence-electron chi connectivity index (χ3n) is 4.91. The molecule has 1 aromatic rings. The first-order valence-corrected chi connectivity index (χ1v) is 10.2. The molecule has 0 saturated carbocycles. The van der Waals surface area contributed by atoms with E-state index in [1.807, 2.05) is 29.2 Å². The van der Waals surface area contributed by atoms with Crippen molar-refractivity contribution in [2.75, 3.05) is 26.2 Å². The molecule has 6 nitrogen and oxygen atoms in total. The highest BCUT2D eigenvalue weighted by atomic mass is 35.5. The minimum Gasteiger partial charge on any atom is -0.494 e. The second kappa shape index (κ2) is 13.4. The number of halogens is 1. The van der Waals surface area contributed by atoms with Gasteiger partial charge in [-0.3, -0.25) is 9.59 Å². The summed E-state index contributed by atoms with van der Waals surface area (Å²) in [5.74, 6) is 0.761. The molecule has 1 unspecified atom stereocenters. The summed E-state index contributed by atoms with van der Waals surface area (Å²) in [6.07, 6.45) is 6.68. The Labute approximate surface area is 174 Å². The zero-order valence-electron chi connectivity index (χ0n) is 16.8.